The van der Waals surface area contributed by atoms with Crippen LogP contribution in [0.4, 0.5) is 13.2 Å². The van der Waals surface area contributed by atoms with E-state index in [9.17, 15) is 18.0 Å². The molecule has 0 saturated carbocycles. The maximum absolute atomic E-state index is 12.2. The Morgan fingerprint density at radius 2 is 1.92 bits per heavy atom. The zero-order valence-corrected chi connectivity index (χ0v) is 6.85. The number of carbonyl (C=O) groups is 1. The molecule has 1 rings (SSSR count). The second kappa shape index (κ2) is 3.20. The Morgan fingerprint density at radius 1 is 1.31 bits per heavy atom. The SMILES string of the molecule is Cc1ccc(C=O)cc1C(F)(F)F. The molecule has 0 saturated heterocycles. The van der Waals surface area contributed by atoms with Gasteiger partial charge in [-0.25, -0.2) is 0 Å². The van der Waals surface area contributed by atoms with Crippen LogP contribution >= 0.6 is 0 Å². The second-order valence-electron chi connectivity index (χ2n) is 2.69. The average Bonchev–Trinajstić information content (AvgIpc) is 2.03. The van der Waals surface area contributed by atoms with Crippen molar-refractivity contribution < 1.29 is 18.0 Å². The van der Waals surface area contributed by atoms with E-state index in [-0.39, 0.29) is 11.1 Å². The molecule has 0 atom stereocenters. The molecule has 0 radical (unpaired) electrons. The molecule has 4 heteroatoms. The molecule has 0 bridgehead atoms. The molecule has 0 amide bonds. The standard InChI is InChI=1S/C9H7F3O/c1-6-2-3-7(5-13)4-8(6)9(10,11)12/h2-5H,1H3. The first-order valence-electron chi connectivity index (χ1n) is 3.58. The fraction of sp³-hybridized carbons (Fsp3) is 0.222. The van der Waals surface area contributed by atoms with Crippen LogP contribution in [0.25, 0.3) is 0 Å². The van der Waals surface area contributed by atoms with E-state index in [0.29, 0.717) is 6.29 Å². The van der Waals surface area contributed by atoms with Crippen LogP contribution in [0.5, 0.6) is 0 Å². The quantitative estimate of drug-likeness (QED) is 0.619. The van der Waals surface area contributed by atoms with Gasteiger partial charge in [-0.15, -0.1) is 0 Å². The second-order valence-corrected chi connectivity index (χ2v) is 2.69. The highest BCUT2D eigenvalue weighted by atomic mass is 19.4. The number of aryl methyl sites for hydroxylation is 1. The van der Waals surface area contributed by atoms with Crippen LogP contribution in [-0.4, -0.2) is 6.29 Å². The van der Waals surface area contributed by atoms with Gasteiger partial charge in [0.1, 0.15) is 6.29 Å². The smallest absolute Gasteiger partial charge is 0.298 e. The van der Waals surface area contributed by atoms with E-state index < -0.39 is 11.7 Å². The lowest BCUT2D eigenvalue weighted by Crippen LogP contribution is -2.07. The maximum Gasteiger partial charge on any atom is 0.416 e. The Balaban J connectivity index is 3.27. The van der Waals surface area contributed by atoms with Crippen molar-refractivity contribution >= 4 is 6.29 Å². The molecule has 0 unspecified atom stereocenters. The fourth-order valence-electron chi connectivity index (χ4n) is 1.02. The summed E-state index contributed by atoms with van der Waals surface area (Å²) >= 11 is 0. The van der Waals surface area contributed by atoms with Gasteiger partial charge in [0.15, 0.2) is 0 Å². The summed E-state index contributed by atoms with van der Waals surface area (Å²) in [4.78, 5) is 10.2. The van der Waals surface area contributed by atoms with E-state index in [2.05, 4.69) is 0 Å². The summed E-state index contributed by atoms with van der Waals surface area (Å²) in [5, 5.41) is 0. The molecular weight excluding hydrogens is 181 g/mol. The Morgan fingerprint density at radius 3 is 2.38 bits per heavy atom. The summed E-state index contributed by atoms with van der Waals surface area (Å²) in [7, 11) is 0. The Bertz CT molecular complexity index is 328. The van der Waals surface area contributed by atoms with Gasteiger partial charge in [-0.1, -0.05) is 12.1 Å². The molecule has 0 aliphatic heterocycles. The monoisotopic (exact) mass is 188 g/mol. The molecule has 0 aliphatic rings. The van der Waals surface area contributed by atoms with E-state index in [1.165, 1.54) is 19.1 Å². The summed E-state index contributed by atoms with van der Waals surface area (Å²) in [6.45, 7) is 1.36. The summed E-state index contributed by atoms with van der Waals surface area (Å²) < 4.78 is 36.7. The van der Waals surface area contributed by atoms with Gasteiger partial charge in [0, 0.05) is 5.56 Å². The molecule has 0 N–H and O–H groups in total. The zero-order valence-electron chi connectivity index (χ0n) is 6.85. The van der Waals surface area contributed by atoms with Crippen LogP contribution in [-0.2, 0) is 6.18 Å². The van der Waals surface area contributed by atoms with Crippen molar-refractivity contribution in [2.75, 3.05) is 0 Å². The van der Waals surface area contributed by atoms with E-state index in [1.54, 1.807) is 0 Å². The van der Waals surface area contributed by atoms with Crippen molar-refractivity contribution in [3.63, 3.8) is 0 Å². The minimum absolute atomic E-state index is 0.0397. The summed E-state index contributed by atoms with van der Waals surface area (Å²) in [6.07, 6.45) is -3.99. The third-order valence-corrected chi connectivity index (χ3v) is 1.70. The first-order valence-corrected chi connectivity index (χ1v) is 3.58. The Hall–Kier alpha value is -1.32. The van der Waals surface area contributed by atoms with Crippen LogP contribution in [0.15, 0.2) is 18.2 Å². The lowest BCUT2D eigenvalue weighted by atomic mass is 10.1. The van der Waals surface area contributed by atoms with Crippen molar-refractivity contribution in [3.05, 3.63) is 34.9 Å². The molecule has 0 heterocycles. The largest absolute Gasteiger partial charge is 0.416 e. The first kappa shape index (κ1) is 9.77. The number of benzene rings is 1. The average molecular weight is 188 g/mol. The number of aldehydes is 1. The molecule has 13 heavy (non-hydrogen) atoms. The van der Waals surface area contributed by atoms with E-state index in [4.69, 9.17) is 0 Å². The van der Waals surface area contributed by atoms with Crippen LogP contribution in [0.2, 0.25) is 0 Å². The normalized spacial score (nSPS) is 11.4. The summed E-state index contributed by atoms with van der Waals surface area (Å²) in [5.41, 5.74) is -0.590. The highest BCUT2D eigenvalue weighted by Gasteiger charge is 2.32. The Kier molecular flexibility index (Phi) is 2.40. The number of hydrogen-bond donors (Lipinski definition) is 0. The summed E-state index contributed by atoms with van der Waals surface area (Å²) in [5.74, 6) is 0. The van der Waals surface area contributed by atoms with Gasteiger partial charge >= 0.3 is 6.18 Å². The number of hydrogen-bond acceptors (Lipinski definition) is 1. The summed E-state index contributed by atoms with van der Waals surface area (Å²) in [6, 6.07) is 3.49. The molecule has 1 aromatic carbocycles. The highest BCUT2D eigenvalue weighted by molar-refractivity contribution is 5.75. The highest BCUT2D eigenvalue weighted by Crippen LogP contribution is 2.31. The van der Waals surface area contributed by atoms with Gasteiger partial charge in [0.2, 0.25) is 0 Å². The first-order chi connectivity index (χ1) is 5.95. The van der Waals surface area contributed by atoms with Crippen LogP contribution in [0, 0.1) is 6.92 Å². The van der Waals surface area contributed by atoms with Gasteiger partial charge in [-0.3, -0.25) is 4.79 Å². The topological polar surface area (TPSA) is 17.1 Å². The molecular formula is C9H7F3O. The van der Waals surface area contributed by atoms with Crippen molar-refractivity contribution in [2.24, 2.45) is 0 Å². The maximum atomic E-state index is 12.2. The number of carbonyl (C=O) groups excluding carboxylic acids is 1. The lowest BCUT2D eigenvalue weighted by molar-refractivity contribution is -0.138. The van der Waals surface area contributed by atoms with Crippen molar-refractivity contribution in [1.82, 2.24) is 0 Å². The predicted octanol–water partition coefficient (Wildman–Crippen LogP) is 2.83. The van der Waals surface area contributed by atoms with Crippen LogP contribution in [0.1, 0.15) is 21.5 Å². The molecule has 0 spiro atoms. The third kappa shape index (κ3) is 2.08. The predicted molar refractivity (Wildman–Crippen MR) is 41.6 cm³/mol. The number of halogens is 3. The van der Waals surface area contributed by atoms with Gasteiger partial charge in [0.25, 0.3) is 0 Å². The number of rotatable bonds is 1. The van der Waals surface area contributed by atoms with E-state index in [0.717, 1.165) is 6.07 Å². The van der Waals surface area contributed by atoms with Gasteiger partial charge in [0.05, 0.1) is 5.56 Å². The van der Waals surface area contributed by atoms with Gasteiger partial charge in [-0.05, 0) is 18.6 Å². The molecule has 70 valence electrons. The van der Waals surface area contributed by atoms with Gasteiger partial charge < -0.3 is 0 Å². The number of alkyl halides is 3. The van der Waals surface area contributed by atoms with Crippen LogP contribution < -0.4 is 0 Å². The van der Waals surface area contributed by atoms with E-state index >= 15 is 0 Å². The van der Waals surface area contributed by atoms with Crippen molar-refractivity contribution in [3.8, 4) is 0 Å². The van der Waals surface area contributed by atoms with E-state index in [1.807, 2.05) is 0 Å². The lowest BCUT2D eigenvalue weighted by Gasteiger charge is -2.09. The molecule has 1 nitrogen and oxygen atoms in total. The fourth-order valence-corrected chi connectivity index (χ4v) is 1.02. The molecule has 1 aromatic rings. The van der Waals surface area contributed by atoms with Crippen LogP contribution in [0.3, 0.4) is 0 Å². The minimum Gasteiger partial charge on any atom is -0.298 e. The van der Waals surface area contributed by atoms with Crippen molar-refractivity contribution in [2.45, 2.75) is 13.1 Å². The third-order valence-electron chi connectivity index (χ3n) is 1.70. The molecule has 0 fully saturated rings. The van der Waals surface area contributed by atoms with Crippen molar-refractivity contribution in [1.29, 1.82) is 0 Å². The zero-order chi connectivity index (χ0) is 10.1. The molecule has 0 aliphatic carbocycles. The Labute approximate surface area is 73.2 Å². The van der Waals surface area contributed by atoms with Gasteiger partial charge in [-0.2, -0.15) is 13.2 Å². The molecule has 0 aromatic heterocycles. The minimum atomic E-state index is -4.39.